The lowest BCUT2D eigenvalue weighted by Crippen LogP contribution is -2.46. The highest BCUT2D eigenvalue weighted by atomic mass is 32.1. The van der Waals surface area contributed by atoms with E-state index < -0.39 is 0 Å². The van der Waals surface area contributed by atoms with Crippen molar-refractivity contribution < 1.29 is 9.47 Å². The first-order chi connectivity index (χ1) is 9.60. The maximum Gasteiger partial charge on any atom is 0.0900 e. The Morgan fingerprint density at radius 3 is 2.70 bits per heavy atom. The van der Waals surface area contributed by atoms with E-state index in [1.165, 1.54) is 4.88 Å². The SMILES string of the molecule is Cc1nc(C)c(C(N)C2CCOC3(CCOCC3)C2)s1. The zero-order valence-electron chi connectivity index (χ0n) is 12.4. The molecule has 2 aliphatic heterocycles. The molecule has 4 nitrogen and oxygen atoms in total. The minimum atomic E-state index is 0.0203. The smallest absolute Gasteiger partial charge is 0.0900 e. The number of aromatic nitrogens is 1. The summed E-state index contributed by atoms with van der Waals surface area (Å²) in [6.07, 6.45) is 4.14. The van der Waals surface area contributed by atoms with Crippen LogP contribution in [0.5, 0.6) is 0 Å². The minimum absolute atomic E-state index is 0.0203. The van der Waals surface area contributed by atoms with Crippen LogP contribution < -0.4 is 5.73 Å². The van der Waals surface area contributed by atoms with Crippen LogP contribution in [0.1, 0.15) is 47.3 Å². The third-order valence-electron chi connectivity index (χ3n) is 4.69. The number of ether oxygens (including phenoxy) is 2. The molecule has 3 heterocycles. The third kappa shape index (κ3) is 2.77. The molecular weight excluding hydrogens is 272 g/mol. The molecule has 2 N–H and O–H groups in total. The van der Waals surface area contributed by atoms with Crippen LogP contribution >= 0.6 is 11.3 Å². The lowest BCUT2D eigenvalue weighted by molar-refractivity contribution is -0.149. The van der Waals surface area contributed by atoms with Crippen molar-refractivity contribution in [2.45, 2.75) is 51.2 Å². The lowest BCUT2D eigenvalue weighted by Gasteiger charge is -2.44. The van der Waals surface area contributed by atoms with E-state index in [0.717, 1.165) is 56.2 Å². The number of nitrogens with two attached hydrogens (primary N) is 1. The predicted octanol–water partition coefficient (Wildman–Crippen LogP) is 2.74. The number of hydrogen-bond donors (Lipinski definition) is 1. The van der Waals surface area contributed by atoms with Crippen molar-refractivity contribution in [2.24, 2.45) is 11.7 Å². The molecule has 1 aromatic rings. The second-order valence-corrected chi connectivity index (χ2v) is 7.34. The van der Waals surface area contributed by atoms with Crippen LogP contribution in [0.15, 0.2) is 0 Å². The Morgan fingerprint density at radius 1 is 1.30 bits per heavy atom. The first kappa shape index (κ1) is 14.4. The zero-order chi connectivity index (χ0) is 14.2. The van der Waals surface area contributed by atoms with Crippen molar-refractivity contribution in [3.8, 4) is 0 Å². The summed E-state index contributed by atoms with van der Waals surface area (Å²) in [7, 11) is 0. The molecule has 112 valence electrons. The number of aryl methyl sites for hydroxylation is 2. The van der Waals surface area contributed by atoms with Gasteiger partial charge in [0.15, 0.2) is 0 Å². The first-order valence-corrected chi connectivity index (χ1v) is 8.32. The molecule has 0 radical (unpaired) electrons. The van der Waals surface area contributed by atoms with E-state index in [1.54, 1.807) is 11.3 Å². The Balaban J connectivity index is 1.74. The molecule has 2 fully saturated rings. The van der Waals surface area contributed by atoms with Gasteiger partial charge in [-0.3, -0.25) is 0 Å². The molecular formula is C15H24N2O2S. The van der Waals surface area contributed by atoms with Gasteiger partial charge < -0.3 is 15.2 Å². The van der Waals surface area contributed by atoms with Crippen LogP contribution in [0.25, 0.3) is 0 Å². The largest absolute Gasteiger partial charge is 0.381 e. The van der Waals surface area contributed by atoms with Crippen LogP contribution in [-0.2, 0) is 9.47 Å². The molecule has 0 amide bonds. The maximum atomic E-state index is 6.56. The van der Waals surface area contributed by atoms with Gasteiger partial charge in [0.1, 0.15) is 0 Å². The number of rotatable bonds is 2. The van der Waals surface area contributed by atoms with Gasteiger partial charge in [0, 0.05) is 30.7 Å². The van der Waals surface area contributed by atoms with Crippen molar-refractivity contribution in [3.05, 3.63) is 15.6 Å². The highest BCUT2D eigenvalue weighted by molar-refractivity contribution is 7.11. The first-order valence-electron chi connectivity index (χ1n) is 7.51. The highest BCUT2D eigenvalue weighted by Gasteiger charge is 2.41. The molecule has 2 saturated heterocycles. The number of thiazole rings is 1. The van der Waals surface area contributed by atoms with Gasteiger partial charge in [-0.1, -0.05) is 0 Å². The summed E-state index contributed by atoms with van der Waals surface area (Å²) in [6.45, 7) is 6.59. The number of hydrogen-bond acceptors (Lipinski definition) is 5. The zero-order valence-corrected chi connectivity index (χ0v) is 13.2. The second-order valence-electron chi connectivity index (χ2n) is 6.11. The Morgan fingerprint density at radius 2 is 2.05 bits per heavy atom. The molecule has 0 bridgehead atoms. The van der Waals surface area contributed by atoms with Crippen molar-refractivity contribution in [2.75, 3.05) is 19.8 Å². The fraction of sp³-hybridized carbons (Fsp3) is 0.800. The van der Waals surface area contributed by atoms with E-state index in [-0.39, 0.29) is 11.6 Å². The molecule has 0 saturated carbocycles. The molecule has 2 aliphatic rings. The summed E-state index contributed by atoms with van der Waals surface area (Å²) < 4.78 is 11.6. The van der Waals surface area contributed by atoms with Crippen LogP contribution in [0, 0.1) is 19.8 Å². The van der Waals surface area contributed by atoms with E-state index in [9.17, 15) is 0 Å². The Kier molecular flexibility index (Phi) is 4.13. The van der Waals surface area contributed by atoms with Gasteiger partial charge in [0.2, 0.25) is 0 Å². The topological polar surface area (TPSA) is 57.4 Å². The Hall–Kier alpha value is -0.490. The fourth-order valence-electron chi connectivity index (χ4n) is 3.53. The molecule has 1 aromatic heterocycles. The second kappa shape index (κ2) is 5.72. The van der Waals surface area contributed by atoms with Gasteiger partial charge >= 0.3 is 0 Å². The highest BCUT2D eigenvalue weighted by Crippen LogP contribution is 2.42. The molecule has 0 aliphatic carbocycles. The molecule has 3 rings (SSSR count). The molecule has 5 heteroatoms. The van der Waals surface area contributed by atoms with Crippen molar-refractivity contribution in [1.29, 1.82) is 0 Å². The van der Waals surface area contributed by atoms with Gasteiger partial charge in [-0.05, 0) is 45.4 Å². The summed E-state index contributed by atoms with van der Waals surface area (Å²) in [5, 5.41) is 1.11. The van der Waals surface area contributed by atoms with Crippen molar-refractivity contribution >= 4 is 11.3 Å². The van der Waals surface area contributed by atoms with E-state index in [1.807, 2.05) is 0 Å². The third-order valence-corrected chi connectivity index (χ3v) is 5.86. The quantitative estimate of drug-likeness (QED) is 0.911. The van der Waals surface area contributed by atoms with Crippen LogP contribution in [0.3, 0.4) is 0 Å². The van der Waals surface area contributed by atoms with Gasteiger partial charge in [0.05, 0.1) is 16.3 Å². The minimum Gasteiger partial charge on any atom is -0.381 e. The molecule has 20 heavy (non-hydrogen) atoms. The summed E-state index contributed by atoms with van der Waals surface area (Å²) in [5.74, 6) is 0.500. The van der Waals surface area contributed by atoms with Crippen LogP contribution in [0.2, 0.25) is 0 Å². The lowest BCUT2D eigenvalue weighted by atomic mass is 9.77. The van der Waals surface area contributed by atoms with Gasteiger partial charge in [0.25, 0.3) is 0 Å². The molecule has 2 unspecified atom stereocenters. The van der Waals surface area contributed by atoms with Gasteiger partial charge in [-0.15, -0.1) is 11.3 Å². The van der Waals surface area contributed by atoms with Gasteiger partial charge in [-0.2, -0.15) is 0 Å². The Labute approximate surface area is 124 Å². The molecule has 2 atom stereocenters. The monoisotopic (exact) mass is 296 g/mol. The van der Waals surface area contributed by atoms with Crippen molar-refractivity contribution in [3.63, 3.8) is 0 Å². The predicted molar refractivity (Wildman–Crippen MR) is 80.0 cm³/mol. The van der Waals surface area contributed by atoms with Crippen LogP contribution in [0.4, 0.5) is 0 Å². The Bertz CT molecular complexity index is 463. The number of nitrogens with zero attached hydrogens (tertiary/aromatic N) is 1. The molecule has 1 spiro atoms. The standard InChI is InChI=1S/C15H24N2O2S/c1-10-14(20-11(2)17-10)13(16)12-3-6-19-15(9-12)4-7-18-8-5-15/h12-13H,3-9,16H2,1-2H3. The summed E-state index contributed by atoms with van der Waals surface area (Å²) >= 11 is 1.75. The normalized spacial score (nSPS) is 27.6. The van der Waals surface area contributed by atoms with E-state index in [0.29, 0.717) is 5.92 Å². The summed E-state index contributed by atoms with van der Waals surface area (Å²) in [5.41, 5.74) is 7.68. The maximum absolute atomic E-state index is 6.56. The summed E-state index contributed by atoms with van der Waals surface area (Å²) in [4.78, 5) is 5.78. The van der Waals surface area contributed by atoms with Crippen LogP contribution in [-0.4, -0.2) is 30.4 Å². The summed E-state index contributed by atoms with van der Waals surface area (Å²) in [6, 6.07) is 0.102. The van der Waals surface area contributed by atoms with E-state index >= 15 is 0 Å². The molecule has 0 aromatic carbocycles. The van der Waals surface area contributed by atoms with E-state index in [4.69, 9.17) is 15.2 Å². The average molecular weight is 296 g/mol. The fourth-order valence-corrected chi connectivity index (χ4v) is 4.56. The average Bonchev–Trinajstić information content (AvgIpc) is 2.78. The van der Waals surface area contributed by atoms with Gasteiger partial charge in [-0.25, -0.2) is 4.98 Å². The van der Waals surface area contributed by atoms with Crippen molar-refractivity contribution in [1.82, 2.24) is 4.98 Å². The van der Waals surface area contributed by atoms with E-state index in [2.05, 4.69) is 18.8 Å².